The van der Waals surface area contributed by atoms with Gasteiger partial charge in [0.15, 0.2) is 5.96 Å². The molecule has 3 N–H and O–H groups in total. The van der Waals surface area contributed by atoms with Gasteiger partial charge in [-0.3, -0.25) is 9.69 Å². The molecular weight excluding hydrogens is 493 g/mol. The summed E-state index contributed by atoms with van der Waals surface area (Å²) in [7, 11) is 0. The highest BCUT2D eigenvalue weighted by Gasteiger charge is 2.11. The number of hydrogen-bond acceptors (Lipinski definition) is 4. The number of halogens is 1. The minimum atomic E-state index is -0.113. The molecule has 1 saturated heterocycles. The Hall–Kier alpha value is -2.07. The average molecular weight is 525 g/mol. The fourth-order valence-corrected chi connectivity index (χ4v) is 3.29. The zero-order chi connectivity index (χ0) is 20.3. The lowest BCUT2D eigenvalue weighted by molar-refractivity contribution is -0.120. The Labute approximate surface area is 195 Å². The van der Waals surface area contributed by atoms with Crippen LogP contribution in [0.15, 0.2) is 52.1 Å². The van der Waals surface area contributed by atoms with Crippen LogP contribution in [0.4, 0.5) is 0 Å². The van der Waals surface area contributed by atoms with Crippen LogP contribution in [0.3, 0.4) is 0 Å². The van der Waals surface area contributed by atoms with Crippen LogP contribution in [-0.4, -0.2) is 42.9 Å². The number of furan rings is 1. The second-order valence-electron chi connectivity index (χ2n) is 7.20. The largest absolute Gasteiger partial charge is 0.467 e. The molecule has 3 rings (SSSR count). The molecule has 1 fully saturated rings. The lowest BCUT2D eigenvalue weighted by Gasteiger charge is -2.14. The van der Waals surface area contributed by atoms with Crippen molar-refractivity contribution >= 4 is 35.8 Å². The molecule has 164 valence electrons. The third-order valence-corrected chi connectivity index (χ3v) is 4.85. The van der Waals surface area contributed by atoms with Crippen molar-refractivity contribution < 1.29 is 9.21 Å². The van der Waals surface area contributed by atoms with Crippen LogP contribution in [0.5, 0.6) is 0 Å². The smallest absolute Gasteiger partial charge is 0.239 e. The first kappa shape index (κ1) is 24.2. The summed E-state index contributed by atoms with van der Waals surface area (Å²) in [4.78, 5) is 19.1. The molecule has 0 spiro atoms. The van der Waals surface area contributed by atoms with E-state index in [1.54, 1.807) is 12.3 Å². The molecule has 1 aromatic carbocycles. The van der Waals surface area contributed by atoms with Gasteiger partial charge in [-0.1, -0.05) is 24.3 Å². The van der Waals surface area contributed by atoms with Crippen molar-refractivity contribution in [3.63, 3.8) is 0 Å². The predicted octanol–water partition coefficient (Wildman–Crippen LogP) is 2.86. The van der Waals surface area contributed by atoms with Crippen LogP contribution in [0.2, 0.25) is 0 Å². The van der Waals surface area contributed by atoms with Crippen molar-refractivity contribution in [1.29, 1.82) is 0 Å². The lowest BCUT2D eigenvalue weighted by Crippen LogP contribution is -2.43. The molecule has 7 nitrogen and oxygen atoms in total. The van der Waals surface area contributed by atoms with Crippen LogP contribution < -0.4 is 16.0 Å². The number of likely N-dealkylation sites (tertiary alicyclic amines) is 1. The highest BCUT2D eigenvalue weighted by atomic mass is 127. The van der Waals surface area contributed by atoms with Crippen LogP contribution >= 0.6 is 24.0 Å². The van der Waals surface area contributed by atoms with E-state index in [1.165, 1.54) is 31.5 Å². The van der Waals surface area contributed by atoms with Gasteiger partial charge in [0.25, 0.3) is 0 Å². The van der Waals surface area contributed by atoms with Crippen LogP contribution in [-0.2, 0) is 24.4 Å². The van der Waals surface area contributed by atoms with Crippen molar-refractivity contribution in [2.75, 3.05) is 26.2 Å². The Morgan fingerprint density at radius 3 is 2.47 bits per heavy atom. The molecule has 8 heteroatoms. The monoisotopic (exact) mass is 525 g/mol. The summed E-state index contributed by atoms with van der Waals surface area (Å²) < 4.78 is 5.21. The first-order valence-corrected chi connectivity index (χ1v) is 10.3. The topological polar surface area (TPSA) is 81.9 Å². The summed E-state index contributed by atoms with van der Waals surface area (Å²) >= 11 is 0. The summed E-state index contributed by atoms with van der Waals surface area (Å²) in [5.41, 5.74) is 2.49. The van der Waals surface area contributed by atoms with Gasteiger partial charge in [0.1, 0.15) is 5.76 Å². The van der Waals surface area contributed by atoms with E-state index in [1.807, 2.05) is 13.0 Å². The molecule has 0 unspecified atom stereocenters. The molecular formula is C22H32IN5O2. The number of nitrogens with one attached hydrogen (secondary N) is 3. The number of hydrogen-bond donors (Lipinski definition) is 3. The summed E-state index contributed by atoms with van der Waals surface area (Å²) in [6, 6.07) is 12.3. The summed E-state index contributed by atoms with van der Waals surface area (Å²) in [6.45, 7) is 7.27. The second kappa shape index (κ2) is 13.3. The van der Waals surface area contributed by atoms with E-state index in [9.17, 15) is 4.79 Å². The maximum atomic E-state index is 12.0. The number of guanidine groups is 1. The van der Waals surface area contributed by atoms with Gasteiger partial charge in [0, 0.05) is 13.1 Å². The summed E-state index contributed by atoms with van der Waals surface area (Å²) in [5, 5.41) is 9.05. The molecule has 1 aliphatic rings. The number of nitrogens with zero attached hydrogens (tertiary/aromatic N) is 2. The SMILES string of the molecule is CCNC(=NCc1ccc(CN2CCCC2)cc1)NCC(=O)NCc1ccco1.I. The number of aliphatic imine (C=N–C) groups is 1. The van der Waals surface area contributed by atoms with Gasteiger partial charge in [0.2, 0.25) is 5.91 Å². The Morgan fingerprint density at radius 2 is 1.80 bits per heavy atom. The Bertz CT molecular complexity index is 771. The van der Waals surface area contributed by atoms with Gasteiger partial charge in [0.05, 0.1) is 25.9 Å². The molecule has 1 aromatic heterocycles. The summed E-state index contributed by atoms with van der Waals surface area (Å²) in [5.74, 6) is 1.24. The number of amides is 1. The first-order valence-electron chi connectivity index (χ1n) is 10.3. The summed E-state index contributed by atoms with van der Waals surface area (Å²) in [6.07, 6.45) is 4.22. The number of benzene rings is 1. The van der Waals surface area contributed by atoms with E-state index in [-0.39, 0.29) is 36.4 Å². The third-order valence-electron chi connectivity index (χ3n) is 4.85. The van der Waals surface area contributed by atoms with Gasteiger partial charge in [-0.2, -0.15) is 0 Å². The van der Waals surface area contributed by atoms with E-state index in [2.05, 4.69) is 50.1 Å². The standard InChI is InChI=1S/C22H31N5O2.HI/c1-2-23-22(26-16-21(28)24-15-20-6-5-13-29-20)25-14-18-7-9-19(10-8-18)17-27-11-3-4-12-27;/h5-10,13H,2-4,11-12,14-17H2,1H3,(H,24,28)(H2,23,25,26);1H. The molecule has 1 aliphatic heterocycles. The number of rotatable bonds is 9. The van der Waals surface area contributed by atoms with Gasteiger partial charge in [-0.25, -0.2) is 4.99 Å². The maximum Gasteiger partial charge on any atom is 0.239 e. The highest BCUT2D eigenvalue weighted by molar-refractivity contribution is 14.0. The zero-order valence-electron chi connectivity index (χ0n) is 17.5. The van der Waals surface area contributed by atoms with Crippen LogP contribution in [0.25, 0.3) is 0 Å². The quantitative estimate of drug-likeness (QED) is 0.267. The van der Waals surface area contributed by atoms with E-state index >= 15 is 0 Å². The molecule has 0 radical (unpaired) electrons. The van der Waals surface area contributed by atoms with Crippen LogP contribution in [0.1, 0.15) is 36.7 Å². The molecule has 30 heavy (non-hydrogen) atoms. The predicted molar refractivity (Wildman–Crippen MR) is 130 cm³/mol. The Kier molecular flexibility index (Phi) is 10.7. The molecule has 2 heterocycles. The minimum absolute atomic E-state index is 0. The molecule has 0 bridgehead atoms. The molecule has 0 atom stereocenters. The van der Waals surface area contributed by atoms with Gasteiger partial charge < -0.3 is 20.4 Å². The molecule has 2 aromatic rings. The fraction of sp³-hybridized carbons (Fsp3) is 0.455. The fourth-order valence-electron chi connectivity index (χ4n) is 3.29. The van der Waals surface area contributed by atoms with Crippen molar-refractivity contribution in [3.8, 4) is 0 Å². The molecule has 0 aliphatic carbocycles. The average Bonchev–Trinajstić information content (AvgIpc) is 3.44. The zero-order valence-corrected chi connectivity index (χ0v) is 19.9. The normalized spacial score (nSPS) is 14.2. The Morgan fingerprint density at radius 1 is 1.07 bits per heavy atom. The molecule has 0 saturated carbocycles. The third kappa shape index (κ3) is 8.35. The number of carbonyl (C=O) groups is 1. The van der Waals surface area contributed by atoms with Gasteiger partial charge in [-0.15, -0.1) is 24.0 Å². The molecule has 1 amide bonds. The van der Waals surface area contributed by atoms with Crippen molar-refractivity contribution in [2.45, 2.75) is 39.4 Å². The van der Waals surface area contributed by atoms with E-state index in [0.29, 0.717) is 19.0 Å². The second-order valence-corrected chi connectivity index (χ2v) is 7.20. The van der Waals surface area contributed by atoms with Crippen molar-refractivity contribution in [2.24, 2.45) is 4.99 Å². The van der Waals surface area contributed by atoms with Gasteiger partial charge in [-0.05, 0) is 56.1 Å². The number of carbonyl (C=O) groups excluding carboxylic acids is 1. The van der Waals surface area contributed by atoms with E-state index in [0.717, 1.165) is 24.4 Å². The van der Waals surface area contributed by atoms with E-state index in [4.69, 9.17) is 4.42 Å². The van der Waals surface area contributed by atoms with Gasteiger partial charge >= 0.3 is 0 Å². The highest BCUT2D eigenvalue weighted by Crippen LogP contribution is 2.13. The minimum Gasteiger partial charge on any atom is -0.467 e. The van der Waals surface area contributed by atoms with Crippen LogP contribution in [0, 0.1) is 0 Å². The van der Waals surface area contributed by atoms with E-state index < -0.39 is 0 Å². The van der Waals surface area contributed by atoms with Crippen molar-refractivity contribution in [3.05, 3.63) is 59.5 Å². The lowest BCUT2D eigenvalue weighted by atomic mass is 10.1. The maximum absolute atomic E-state index is 12.0. The Balaban J connectivity index is 0.00000320. The van der Waals surface area contributed by atoms with Crippen molar-refractivity contribution in [1.82, 2.24) is 20.9 Å². The first-order chi connectivity index (χ1) is 14.2.